The lowest BCUT2D eigenvalue weighted by molar-refractivity contribution is -0.141. The van der Waals surface area contributed by atoms with Crippen molar-refractivity contribution in [3.05, 3.63) is 12.0 Å². The van der Waals surface area contributed by atoms with Gasteiger partial charge in [-0.3, -0.25) is 14.5 Å². The standard InChI is InChI=1S/C11H17N3O2/c1-3-8(2)13-6-9-12-5-4-10(15)14(9)7-11(13)16/h6,8,12H,3-5,7H2,1-2H3. The van der Waals surface area contributed by atoms with Gasteiger partial charge in [0.15, 0.2) is 0 Å². The molecule has 5 nitrogen and oxygen atoms in total. The smallest absolute Gasteiger partial charge is 0.247 e. The molecule has 0 aromatic rings. The van der Waals surface area contributed by atoms with Gasteiger partial charge in [0.2, 0.25) is 11.8 Å². The average molecular weight is 223 g/mol. The van der Waals surface area contributed by atoms with Crippen molar-refractivity contribution in [1.82, 2.24) is 15.1 Å². The van der Waals surface area contributed by atoms with E-state index in [2.05, 4.69) is 5.32 Å². The molecule has 16 heavy (non-hydrogen) atoms. The summed E-state index contributed by atoms with van der Waals surface area (Å²) in [4.78, 5) is 26.7. The van der Waals surface area contributed by atoms with E-state index in [1.165, 1.54) is 4.90 Å². The summed E-state index contributed by atoms with van der Waals surface area (Å²) in [5, 5.41) is 3.15. The molecule has 0 aromatic heterocycles. The van der Waals surface area contributed by atoms with Gasteiger partial charge in [-0.1, -0.05) is 6.92 Å². The van der Waals surface area contributed by atoms with Crippen LogP contribution in [0.25, 0.3) is 0 Å². The second-order valence-electron chi connectivity index (χ2n) is 4.23. The van der Waals surface area contributed by atoms with Crippen LogP contribution in [0.15, 0.2) is 12.0 Å². The molecule has 5 heteroatoms. The van der Waals surface area contributed by atoms with Crippen LogP contribution in [0.4, 0.5) is 0 Å². The molecule has 1 fully saturated rings. The third-order valence-electron chi connectivity index (χ3n) is 3.15. The topological polar surface area (TPSA) is 52.7 Å². The van der Waals surface area contributed by atoms with Crippen LogP contribution in [-0.4, -0.2) is 40.7 Å². The van der Waals surface area contributed by atoms with E-state index < -0.39 is 0 Å². The average Bonchev–Trinajstić information content (AvgIpc) is 2.29. The maximum Gasteiger partial charge on any atom is 0.247 e. The summed E-state index contributed by atoms with van der Waals surface area (Å²) < 4.78 is 0. The molecule has 0 aliphatic carbocycles. The van der Waals surface area contributed by atoms with Gasteiger partial charge in [-0.25, -0.2) is 0 Å². The van der Waals surface area contributed by atoms with E-state index in [1.54, 1.807) is 11.1 Å². The second-order valence-corrected chi connectivity index (χ2v) is 4.23. The van der Waals surface area contributed by atoms with Crippen molar-refractivity contribution < 1.29 is 9.59 Å². The van der Waals surface area contributed by atoms with Gasteiger partial charge in [-0.15, -0.1) is 0 Å². The number of carbonyl (C=O) groups excluding carboxylic acids is 2. The molecule has 0 aromatic carbocycles. The summed E-state index contributed by atoms with van der Waals surface area (Å²) in [6.07, 6.45) is 3.13. The lowest BCUT2D eigenvalue weighted by atomic mass is 10.2. The van der Waals surface area contributed by atoms with Crippen molar-refractivity contribution in [2.75, 3.05) is 13.1 Å². The zero-order valence-electron chi connectivity index (χ0n) is 9.69. The third-order valence-corrected chi connectivity index (χ3v) is 3.15. The van der Waals surface area contributed by atoms with Crippen molar-refractivity contribution in [2.45, 2.75) is 32.7 Å². The van der Waals surface area contributed by atoms with Crippen molar-refractivity contribution in [1.29, 1.82) is 0 Å². The van der Waals surface area contributed by atoms with Crippen LogP contribution in [0.3, 0.4) is 0 Å². The first kappa shape index (κ1) is 11.0. The fourth-order valence-electron chi connectivity index (χ4n) is 1.94. The Morgan fingerprint density at radius 2 is 2.19 bits per heavy atom. The molecule has 2 aliphatic heterocycles. The Hall–Kier alpha value is -1.52. The van der Waals surface area contributed by atoms with Gasteiger partial charge in [0.1, 0.15) is 12.4 Å². The molecule has 1 N–H and O–H groups in total. The summed E-state index contributed by atoms with van der Waals surface area (Å²) in [6, 6.07) is 0.181. The maximum absolute atomic E-state index is 11.9. The van der Waals surface area contributed by atoms with Crippen LogP contribution in [0.1, 0.15) is 26.7 Å². The number of nitrogens with zero attached hydrogens (tertiary/aromatic N) is 2. The molecule has 2 heterocycles. The highest BCUT2D eigenvalue weighted by Gasteiger charge is 2.32. The molecule has 2 amide bonds. The van der Waals surface area contributed by atoms with Gasteiger partial charge in [0.05, 0.1) is 0 Å². The highest BCUT2D eigenvalue weighted by molar-refractivity contribution is 5.89. The first-order valence-electron chi connectivity index (χ1n) is 5.70. The summed E-state index contributed by atoms with van der Waals surface area (Å²) in [6.45, 7) is 4.88. The Kier molecular flexibility index (Phi) is 2.85. The zero-order chi connectivity index (χ0) is 11.7. The van der Waals surface area contributed by atoms with Crippen molar-refractivity contribution in [2.24, 2.45) is 0 Å². The molecular formula is C11H17N3O2. The van der Waals surface area contributed by atoms with Crippen molar-refractivity contribution >= 4 is 11.8 Å². The second kappa shape index (κ2) is 4.15. The Labute approximate surface area is 95.1 Å². The molecule has 0 spiro atoms. The monoisotopic (exact) mass is 223 g/mol. The minimum atomic E-state index is -0.00449. The predicted molar refractivity (Wildman–Crippen MR) is 59.0 cm³/mol. The molecule has 88 valence electrons. The minimum Gasteiger partial charge on any atom is -0.370 e. The van der Waals surface area contributed by atoms with Crippen molar-refractivity contribution in [3.8, 4) is 0 Å². The molecule has 1 atom stereocenters. The van der Waals surface area contributed by atoms with Gasteiger partial charge in [-0.05, 0) is 13.3 Å². The van der Waals surface area contributed by atoms with Gasteiger partial charge in [-0.2, -0.15) is 0 Å². The molecule has 1 unspecified atom stereocenters. The predicted octanol–water partition coefficient (Wildman–Crippen LogP) is 0.248. The SMILES string of the molecule is CCC(C)N1C=C2NCCC(=O)N2CC1=O. The van der Waals surface area contributed by atoms with Gasteiger partial charge < -0.3 is 10.2 Å². The molecule has 1 saturated heterocycles. The fraction of sp³-hybridized carbons (Fsp3) is 0.636. The van der Waals surface area contributed by atoms with Crippen LogP contribution in [0.2, 0.25) is 0 Å². The summed E-state index contributed by atoms with van der Waals surface area (Å²) in [7, 11) is 0. The lowest BCUT2D eigenvalue weighted by Crippen LogP contribution is -2.53. The van der Waals surface area contributed by atoms with E-state index in [1.807, 2.05) is 13.8 Å². The van der Waals surface area contributed by atoms with Crippen LogP contribution in [-0.2, 0) is 9.59 Å². The number of hydrogen-bond donors (Lipinski definition) is 1. The van der Waals surface area contributed by atoms with Gasteiger partial charge in [0.25, 0.3) is 0 Å². The van der Waals surface area contributed by atoms with E-state index in [0.717, 1.165) is 12.2 Å². The van der Waals surface area contributed by atoms with E-state index in [4.69, 9.17) is 0 Å². The third kappa shape index (κ3) is 1.77. The quantitative estimate of drug-likeness (QED) is 0.730. The lowest BCUT2D eigenvalue weighted by Gasteiger charge is -2.38. The molecule has 2 rings (SSSR count). The number of amides is 2. The fourth-order valence-corrected chi connectivity index (χ4v) is 1.94. The number of carbonyl (C=O) groups is 2. The van der Waals surface area contributed by atoms with E-state index in [9.17, 15) is 9.59 Å². The maximum atomic E-state index is 11.9. The number of rotatable bonds is 2. The first-order chi connectivity index (χ1) is 7.63. The van der Waals surface area contributed by atoms with Crippen LogP contribution >= 0.6 is 0 Å². The summed E-state index contributed by atoms with van der Waals surface area (Å²) in [5.41, 5.74) is 0. The molecular weight excluding hydrogens is 206 g/mol. The van der Waals surface area contributed by atoms with Crippen LogP contribution in [0.5, 0.6) is 0 Å². The van der Waals surface area contributed by atoms with Gasteiger partial charge >= 0.3 is 0 Å². The molecule has 0 saturated carbocycles. The van der Waals surface area contributed by atoms with Crippen LogP contribution < -0.4 is 5.32 Å². The number of fused-ring (bicyclic) bond motifs is 1. The Morgan fingerprint density at radius 1 is 1.44 bits per heavy atom. The van der Waals surface area contributed by atoms with E-state index in [-0.39, 0.29) is 24.4 Å². The zero-order valence-corrected chi connectivity index (χ0v) is 9.69. The van der Waals surface area contributed by atoms with Crippen LogP contribution in [0, 0.1) is 0 Å². The summed E-state index contributed by atoms with van der Waals surface area (Å²) >= 11 is 0. The van der Waals surface area contributed by atoms with Gasteiger partial charge in [0, 0.05) is 25.2 Å². The molecule has 2 aliphatic rings. The minimum absolute atomic E-state index is 0.00449. The Morgan fingerprint density at radius 3 is 2.88 bits per heavy atom. The molecule has 0 radical (unpaired) electrons. The Bertz CT molecular complexity index is 351. The van der Waals surface area contributed by atoms with E-state index in [0.29, 0.717) is 13.0 Å². The van der Waals surface area contributed by atoms with E-state index >= 15 is 0 Å². The number of hydrogen-bond acceptors (Lipinski definition) is 3. The highest BCUT2D eigenvalue weighted by atomic mass is 16.2. The van der Waals surface area contributed by atoms with Crippen molar-refractivity contribution in [3.63, 3.8) is 0 Å². The highest BCUT2D eigenvalue weighted by Crippen LogP contribution is 2.18. The largest absolute Gasteiger partial charge is 0.370 e. The number of nitrogens with one attached hydrogen (secondary N) is 1. The Balaban J connectivity index is 2.24. The first-order valence-corrected chi connectivity index (χ1v) is 5.70. The molecule has 0 bridgehead atoms. The normalized spacial score (nSPS) is 22.5. The summed E-state index contributed by atoms with van der Waals surface area (Å²) in [5.74, 6) is 0.786.